The molecule has 5 heteroatoms. The molecule has 0 fully saturated rings. The summed E-state index contributed by atoms with van der Waals surface area (Å²) in [6, 6.07) is 2.30. The van der Waals surface area contributed by atoms with Gasteiger partial charge in [0.15, 0.2) is 0 Å². The fourth-order valence-electron chi connectivity index (χ4n) is 0.942. The highest BCUT2D eigenvalue weighted by Gasteiger charge is 2.27. The minimum atomic E-state index is -3.00. The molecule has 0 amide bonds. The van der Waals surface area contributed by atoms with E-state index in [4.69, 9.17) is 28.9 Å². The van der Waals surface area contributed by atoms with Gasteiger partial charge in [0, 0.05) is 18.2 Å². The molecular formula is C8H7Cl2F2N. The van der Waals surface area contributed by atoms with Gasteiger partial charge in [0.05, 0.1) is 10.0 Å². The zero-order chi connectivity index (χ0) is 10.2. The van der Waals surface area contributed by atoms with Gasteiger partial charge in [-0.05, 0) is 12.1 Å². The molecule has 0 aliphatic rings. The van der Waals surface area contributed by atoms with E-state index in [9.17, 15) is 8.78 Å². The van der Waals surface area contributed by atoms with Crippen molar-refractivity contribution >= 4 is 28.9 Å². The first-order valence-electron chi connectivity index (χ1n) is 3.45. The molecule has 2 N–H and O–H groups in total. The molecule has 1 aromatic rings. The predicted molar refractivity (Wildman–Crippen MR) is 50.4 cm³/mol. The predicted octanol–water partition coefficient (Wildman–Crippen LogP) is 3.69. The maximum Gasteiger partial charge on any atom is 0.272 e. The third kappa shape index (κ3) is 2.23. The van der Waals surface area contributed by atoms with Gasteiger partial charge in [0.25, 0.3) is 5.92 Å². The maximum absolute atomic E-state index is 12.8. The van der Waals surface area contributed by atoms with Crippen molar-refractivity contribution in [2.24, 2.45) is 0 Å². The van der Waals surface area contributed by atoms with Gasteiger partial charge in [-0.1, -0.05) is 23.2 Å². The van der Waals surface area contributed by atoms with Crippen LogP contribution in [-0.4, -0.2) is 0 Å². The Morgan fingerprint density at radius 3 is 2.15 bits per heavy atom. The van der Waals surface area contributed by atoms with Crippen molar-refractivity contribution in [3.63, 3.8) is 0 Å². The van der Waals surface area contributed by atoms with Crippen LogP contribution in [0.4, 0.5) is 14.5 Å². The Morgan fingerprint density at radius 1 is 1.23 bits per heavy atom. The van der Waals surface area contributed by atoms with Crippen molar-refractivity contribution in [1.29, 1.82) is 0 Å². The van der Waals surface area contributed by atoms with E-state index >= 15 is 0 Å². The third-order valence-corrected chi connectivity index (χ3v) is 2.29. The number of halogens is 4. The topological polar surface area (TPSA) is 26.0 Å². The van der Waals surface area contributed by atoms with Crippen molar-refractivity contribution in [2.75, 3.05) is 5.73 Å². The second-order valence-corrected chi connectivity index (χ2v) is 3.56. The Labute approximate surface area is 84.4 Å². The van der Waals surface area contributed by atoms with E-state index in [-0.39, 0.29) is 21.3 Å². The van der Waals surface area contributed by atoms with Crippen molar-refractivity contribution in [1.82, 2.24) is 0 Å². The van der Waals surface area contributed by atoms with Crippen LogP contribution in [-0.2, 0) is 5.92 Å². The molecule has 0 aromatic heterocycles. The van der Waals surface area contributed by atoms with Crippen LogP contribution in [0.15, 0.2) is 12.1 Å². The van der Waals surface area contributed by atoms with Crippen LogP contribution in [0.2, 0.25) is 10.0 Å². The van der Waals surface area contributed by atoms with Crippen LogP contribution in [0.3, 0.4) is 0 Å². The van der Waals surface area contributed by atoms with Crippen LogP contribution < -0.4 is 5.73 Å². The lowest BCUT2D eigenvalue weighted by molar-refractivity contribution is 0.0183. The highest BCUT2D eigenvalue weighted by atomic mass is 35.5. The largest absolute Gasteiger partial charge is 0.398 e. The SMILES string of the molecule is CC(F)(F)c1cc(Cl)c(Cl)cc1N. The first kappa shape index (κ1) is 10.5. The van der Waals surface area contributed by atoms with Gasteiger partial charge in [-0.2, -0.15) is 0 Å². The van der Waals surface area contributed by atoms with Crippen LogP contribution in [0.5, 0.6) is 0 Å². The van der Waals surface area contributed by atoms with E-state index in [2.05, 4.69) is 0 Å². The summed E-state index contributed by atoms with van der Waals surface area (Å²) in [7, 11) is 0. The lowest BCUT2D eigenvalue weighted by Gasteiger charge is -2.14. The number of anilines is 1. The molecule has 0 bridgehead atoms. The molecule has 0 aliphatic heterocycles. The number of hydrogen-bond acceptors (Lipinski definition) is 1. The summed E-state index contributed by atoms with van der Waals surface area (Å²) >= 11 is 11.2. The van der Waals surface area contributed by atoms with Gasteiger partial charge in [-0.3, -0.25) is 0 Å². The molecule has 0 saturated heterocycles. The summed E-state index contributed by atoms with van der Waals surface area (Å²) < 4.78 is 25.7. The molecule has 72 valence electrons. The van der Waals surface area contributed by atoms with E-state index in [1.807, 2.05) is 0 Å². The van der Waals surface area contributed by atoms with Gasteiger partial charge in [0.2, 0.25) is 0 Å². The Balaban J connectivity index is 3.32. The standard InChI is InChI=1S/C8H7Cl2F2N/c1-8(11,12)4-2-5(9)6(10)3-7(4)13/h2-3H,13H2,1H3. The quantitative estimate of drug-likeness (QED) is 0.726. The summed E-state index contributed by atoms with van der Waals surface area (Å²) in [6.07, 6.45) is 0. The average molecular weight is 226 g/mol. The van der Waals surface area contributed by atoms with Gasteiger partial charge in [0.1, 0.15) is 0 Å². The van der Waals surface area contributed by atoms with Crippen LogP contribution in [0.1, 0.15) is 12.5 Å². The van der Waals surface area contributed by atoms with Crippen molar-refractivity contribution < 1.29 is 8.78 Å². The lowest BCUT2D eigenvalue weighted by atomic mass is 10.1. The van der Waals surface area contributed by atoms with E-state index in [0.29, 0.717) is 0 Å². The second-order valence-electron chi connectivity index (χ2n) is 2.74. The Bertz CT molecular complexity index is 334. The maximum atomic E-state index is 12.8. The molecule has 0 heterocycles. The molecule has 0 aliphatic carbocycles. The van der Waals surface area contributed by atoms with Crippen molar-refractivity contribution in [3.8, 4) is 0 Å². The number of hydrogen-bond donors (Lipinski definition) is 1. The highest BCUT2D eigenvalue weighted by Crippen LogP contribution is 2.36. The van der Waals surface area contributed by atoms with Gasteiger partial charge >= 0.3 is 0 Å². The van der Waals surface area contributed by atoms with Crippen molar-refractivity contribution in [2.45, 2.75) is 12.8 Å². The molecule has 1 nitrogen and oxygen atoms in total. The van der Waals surface area contributed by atoms with E-state index in [0.717, 1.165) is 13.0 Å². The molecule has 0 spiro atoms. The number of alkyl halides is 2. The van der Waals surface area contributed by atoms with Gasteiger partial charge in [-0.15, -0.1) is 0 Å². The molecule has 1 aromatic carbocycles. The first-order chi connectivity index (χ1) is 5.82. The molecule has 13 heavy (non-hydrogen) atoms. The first-order valence-corrected chi connectivity index (χ1v) is 4.21. The van der Waals surface area contributed by atoms with E-state index in [1.54, 1.807) is 0 Å². The number of nitrogens with two attached hydrogens (primary N) is 1. The molecule has 0 saturated carbocycles. The summed E-state index contributed by atoms with van der Waals surface area (Å²) in [5.74, 6) is -3.00. The Kier molecular flexibility index (Phi) is 2.68. The molecule has 0 radical (unpaired) electrons. The summed E-state index contributed by atoms with van der Waals surface area (Å²) in [5, 5.41) is 0.250. The molecule has 1 rings (SSSR count). The number of nitrogen functional groups attached to an aromatic ring is 1. The highest BCUT2D eigenvalue weighted by molar-refractivity contribution is 6.42. The zero-order valence-corrected chi connectivity index (χ0v) is 8.26. The summed E-state index contributed by atoms with van der Waals surface area (Å²) in [6.45, 7) is 0.753. The minimum Gasteiger partial charge on any atom is -0.398 e. The Hall–Kier alpha value is -0.540. The summed E-state index contributed by atoms with van der Waals surface area (Å²) in [5.41, 5.74) is 5.00. The number of rotatable bonds is 1. The third-order valence-electron chi connectivity index (χ3n) is 1.57. The minimum absolute atomic E-state index is 0.0538. The molecule has 0 atom stereocenters. The monoisotopic (exact) mass is 225 g/mol. The van der Waals surface area contributed by atoms with Crippen LogP contribution >= 0.6 is 23.2 Å². The zero-order valence-electron chi connectivity index (χ0n) is 6.74. The van der Waals surface area contributed by atoms with E-state index in [1.165, 1.54) is 6.07 Å². The fraction of sp³-hybridized carbons (Fsp3) is 0.250. The number of benzene rings is 1. The lowest BCUT2D eigenvalue weighted by Crippen LogP contribution is -2.10. The van der Waals surface area contributed by atoms with Crippen molar-refractivity contribution in [3.05, 3.63) is 27.7 Å². The average Bonchev–Trinajstić information content (AvgIpc) is 1.94. The summed E-state index contributed by atoms with van der Waals surface area (Å²) in [4.78, 5) is 0. The Morgan fingerprint density at radius 2 is 1.69 bits per heavy atom. The molecule has 0 unspecified atom stereocenters. The van der Waals surface area contributed by atoms with Gasteiger partial charge in [-0.25, -0.2) is 8.78 Å². The fourth-order valence-corrected chi connectivity index (χ4v) is 1.28. The normalized spacial score (nSPS) is 11.8. The van der Waals surface area contributed by atoms with Crippen LogP contribution in [0.25, 0.3) is 0 Å². The van der Waals surface area contributed by atoms with E-state index < -0.39 is 5.92 Å². The molecular weight excluding hydrogens is 219 g/mol. The second kappa shape index (κ2) is 3.31. The smallest absolute Gasteiger partial charge is 0.272 e. The van der Waals surface area contributed by atoms with Crippen LogP contribution in [0, 0.1) is 0 Å². The van der Waals surface area contributed by atoms with Gasteiger partial charge < -0.3 is 5.73 Å².